The van der Waals surface area contributed by atoms with Crippen molar-refractivity contribution in [2.75, 3.05) is 49.6 Å². The van der Waals surface area contributed by atoms with E-state index >= 15 is 0 Å². The highest BCUT2D eigenvalue weighted by Gasteiger charge is 2.37. The molecule has 95 heavy (non-hydrogen) atoms. The van der Waals surface area contributed by atoms with E-state index in [9.17, 15) is 46.8 Å². The number of hydrogen-bond acceptors (Lipinski definition) is 16. The predicted octanol–water partition coefficient (Wildman–Crippen LogP) is 8.32. The average Bonchev–Trinajstić information content (AvgIpc) is 1.23. The Hall–Kier alpha value is -9.25. The van der Waals surface area contributed by atoms with Gasteiger partial charge in [0.25, 0.3) is 0 Å². The summed E-state index contributed by atoms with van der Waals surface area (Å²) < 4.78 is 49.0. The molecule has 2 atom stereocenters. The summed E-state index contributed by atoms with van der Waals surface area (Å²) in [6, 6.07) is 31.6. The number of benzene rings is 5. The van der Waals surface area contributed by atoms with E-state index in [1.165, 1.54) is 9.21 Å². The zero-order valence-corrected chi connectivity index (χ0v) is 55.5. The van der Waals surface area contributed by atoms with Crippen molar-refractivity contribution in [3.63, 3.8) is 0 Å². The molecule has 3 heterocycles. The number of anilines is 2. The van der Waals surface area contributed by atoms with E-state index in [2.05, 4.69) is 66.5 Å². The van der Waals surface area contributed by atoms with Crippen molar-refractivity contribution in [1.82, 2.24) is 40.5 Å². The lowest BCUT2D eigenvalue weighted by Gasteiger charge is -2.36. The molecule has 0 bridgehead atoms. The number of ether oxygens (including phenoxy) is 2. The van der Waals surface area contributed by atoms with Crippen LogP contribution in [0, 0.1) is 30.6 Å². The molecular formula is C67H78BrN11O15S. The first-order valence-electron chi connectivity index (χ1n) is 31.4. The maximum atomic E-state index is 14.1. The number of aryl methyl sites for hydroxylation is 1. The molecule has 0 unspecified atom stereocenters. The third kappa shape index (κ3) is 19.4. The van der Waals surface area contributed by atoms with Gasteiger partial charge in [0.05, 0.1) is 18.1 Å². The predicted molar refractivity (Wildman–Crippen MR) is 355 cm³/mol. The van der Waals surface area contributed by atoms with E-state index in [1.807, 2.05) is 76.2 Å². The third-order valence-corrected chi connectivity index (χ3v) is 19.3. The van der Waals surface area contributed by atoms with Gasteiger partial charge >= 0.3 is 23.7 Å². The Morgan fingerprint density at radius 2 is 1.29 bits per heavy atom. The molecule has 2 aromatic heterocycles. The summed E-state index contributed by atoms with van der Waals surface area (Å²) in [6.07, 6.45) is 4.03. The first kappa shape index (κ1) is 70.1. The molecule has 10 rings (SSSR count). The highest BCUT2D eigenvalue weighted by atomic mass is 79.9. The minimum atomic E-state index is -3.73. The number of hydrogen-bond donors (Lipinski definition) is 8. The molecule has 7 aromatic rings. The van der Waals surface area contributed by atoms with Crippen molar-refractivity contribution in [3.05, 3.63) is 158 Å². The molecule has 2 saturated carbocycles. The Labute approximate surface area is 556 Å². The lowest BCUT2D eigenvalue weighted by Crippen LogP contribution is -2.52. The molecule has 3 aliphatic rings. The van der Waals surface area contributed by atoms with Crippen LogP contribution in [0.25, 0.3) is 33.9 Å². The van der Waals surface area contributed by atoms with Crippen LogP contribution >= 0.6 is 15.9 Å². The summed E-state index contributed by atoms with van der Waals surface area (Å²) in [5.41, 5.74) is 11.4. The van der Waals surface area contributed by atoms with Gasteiger partial charge in [-0.05, 0) is 192 Å². The molecule has 1 saturated heterocycles. The third-order valence-electron chi connectivity index (χ3n) is 16.9. The smallest absolute Gasteiger partial charge is 0.439 e. The van der Waals surface area contributed by atoms with Crippen molar-refractivity contribution in [2.24, 2.45) is 29.4 Å². The second-order valence-corrected chi connectivity index (χ2v) is 27.8. The van der Waals surface area contributed by atoms with Gasteiger partial charge in [-0.25, -0.2) is 27.6 Å². The number of halogens is 1. The Morgan fingerprint density at radius 1 is 0.726 bits per heavy atom. The molecule has 0 radical (unpaired) electrons. The number of nitrogens with two attached hydrogens (primary N) is 1. The van der Waals surface area contributed by atoms with Crippen molar-refractivity contribution in [2.45, 2.75) is 114 Å². The van der Waals surface area contributed by atoms with Crippen LogP contribution in [0.4, 0.5) is 21.0 Å². The van der Waals surface area contributed by atoms with Crippen molar-refractivity contribution < 1.29 is 60.8 Å². The monoisotopic (exact) mass is 1390 g/mol. The molecule has 28 heteroatoms. The fourth-order valence-corrected chi connectivity index (χ4v) is 13.8. The van der Waals surface area contributed by atoms with Crippen molar-refractivity contribution in [3.8, 4) is 33.9 Å². The van der Waals surface area contributed by atoms with E-state index in [1.54, 1.807) is 66.7 Å². The van der Waals surface area contributed by atoms with Gasteiger partial charge in [0.15, 0.2) is 11.6 Å². The number of carboxylic acid groups (broad SMARTS) is 1. The lowest BCUT2D eigenvalue weighted by molar-refractivity contribution is -0.130. The van der Waals surface area contributed by atoms with E-state index in [-0.39, 0.29) is 78.0 Å². The summed E-state index contributed by atoms with van der Waals surface area (Å²) in [7, 11) is -3.73. The highest BCUT2D eigenvalue weighted by molar-refractivity contribution is 9.10. The quantitative estimate of drug-likeness (QED) is 0.0335. The van der Waals surface area contributed by atoms with Crippen LogP contribution < -0.4 is 43.4 Å². The molecule has 6 amide bonds. The zero-order valence-electron chi connectivity index (χ0n) is 53.1. The first-order valence-corrected chi connectivity index (χ1v) is 33.6. The van der Waals surface area contributed by atoms with Gasteiger partial charge in [0.2, 0.25) is 33.7 Å². The van der Waals surface area contributed by atoms with Gasteiger partial charge in [0, 0.05) is 77.8 Å². The SMILES string of the molecule is CC(C)(C)OC(=O)NCC1CCC(C(=O)N(c2ccc(-c3noc(=O)[nH]3)cc2)[C@@H](Cc2cccc(Br)c2)C(N)=O)CC1.Cc1ccc(S(=O)(=O)N2CCOCC2)cc1-c1cccc(C[C@H](NC(=O)C2CCC(CNC(=O)O)CC2)C(=O)Nc2ccc(-c3noc(=O)[nH]3)cc2)c1. The van der Waals surface area contributed by atoms with Crippen molar-refractivity contribution in [1.29, 1.82) is 0 Å². The molecule has 9 N–H and O–H groups in total. The summed E-state index contributed by atoms with van der Waals surface area (Å²) in [5, 5.41) is 27.5. The maximum Gasteiger partial charge on any atom is 0.439 e. The van der Waals surface area contributed by atoms with Crippen LogP contribution in [-0.4, -0.2) is 131 Å². The molecule has 26 nitrogen and oxygen atoms in total. The summed E-state index contributed by atoms with van der Waals surface area (Å²) in [4.78, 5) is 107. The highest BCUT2D eigenvalue weighted by Crippen LogP contribution is 2.35. The topological polar surface area (TPSA) is 374 Å². The molecule has 5 aromatic carbocycles. The minimum Gasteiger partial charge on any atom is -0.465 e. The number of aromatic nitrogens is 4. The number of primary amides is 1. The normalized spacial score (nSPS) is 18.2. The van der Waals surface area contributed by atoms with Crippen LogP contribution in [0.2, 0.25) is 0 Å². The van der Waals surface area contributed by atoms with Crippen LogP contribution in [0.5, 0.6) is 0 Å². The Kier molecular flexibility index (Phi) is 23.4. The molecule has 0 spiro atoms. The molecule has 2 aliphatic carbocycles. The number of sulfonamides is 1. The van der Waals surface area contributed by atoms with Gasteiger partial charge in [-0.2, -0.15) is 4.31 Å². The zero-order chi connectivity index (χ0) is 68.0. The number of rotatable bonds is 21. The van der Waals surface area contributed by atoms with Crippen LogP contribution in [-0.2, 0) is 51.5 Å². The number of carbonyl (C=O) groups excluding carboxylic acids is 5. The average molecular weight is 1390 g/mol. The molecule has 504 valence electrons. The summed E-state index contributed by atoms with van der Waals surface area (Å²) >= 11 is 3.47. The Morgan fingerprint density at radius 3 is 1.85 bits per heavy atom. The Bertz CT molecular complexity index is 4070. The second-order valence-electron chi connectivity index (χ2n) is 24.9. The molecule has 3 fully saturated rings. The van der Waals surface area contributed by atoms with Crippen molar-refractivity contribution >= 4 is 73.1 Å². The number of H-pyrrole nitrogens is 2. The molecule has 1 aliphatic heterocycles. The summed E-state index contributed by atoms with van der Waals surface area (Å²) in [6.45, 7) is 9.39. The number of nitrogens with one attached hydrogen (secondary N) is 6. The van der Waals surface area contributed by atoms with E-state index in [0.717, 1.165) is 45.1 Å². The van der Waals surface area contributed by atoms with E-state index in [4.69, 9.17) is 20.3 Å². The maximum absolute atomic E-state index is 14.1. The second kappa shape index (κ2) is 31.8. The summed E-state index contributed by atoms with van der Waals surface area (Å²) in [5.74, 6) is -2.68. The number of aromatic amines is 2. The van der Waals surface area contributed by atoms with Gasteiger partial charge in [-0.3, -0.25) is 43.1 Å². The van der Waals surface area contributed by atoms with Gasteiger partial charge in [-0.1, -0.05) is 68.7 Å². The number of carbonyl (C=O) groups is 6. The lowest BCUT2D eigenvalue weighted by atomic mass is 9.81. The first-order chi connectivity index (χ1) is 45.3. The largest absolute Gasteiger partial charge is 0.465 e. The van der Waals surface area contributed by atoms with Crippen LogP contribution in [0.15, 0.2) is 143 Å². The van der Waals surface area contributed by atoms with Crippen LogP contribution in [0.1, 0.15) is 88.8 Å². The number of amides is 6. The fourth-order valence-electron chi connectivity index (χ4n) is 11.9. The van der Waals surface area contributed by atoms with Gasteiger partial charge in [-0.15, -0.1) is 0 Å². The number of nitrogens with zero attached hydrogens (tertiary/aromatic N) is 4. The standard InChI is InChI=1S/C37H42N6O9S.C30H36BrN5O6/c1-23-5-14-30(53(49,50)43-15-17-51-18-16-43)21-31(23)28-4-2-3-25(19-28)20-32(40-34(44)27-8-6-24(7-9-27)22-38-36(46)47)35(45)39-29-12-10-26(11-13-29)33-41-37(48)52-42-33;1-30(2,3)41-28(39)33-17-18-7-9-21(10-8-18)27(38)36(24(25(32)37)16-19-5-4-6-22(31)15-19)23-13-11-20(12-14-23)26-34-29(40)42-35-26/h2-5,10-14,19,21,24,27,32,38H,6-9,15-18,20,22H2,1H3,(H,39,45)(H,40,44)(H,46,47)(H,41,42,48);4-6,11-15,18,21,24H,7-10,16-17H2,1-3H3,(H2,32,37)(H,33,39)(H,34,35,40)/t24?,27?,32-;18?,21?,24-/m00/s1. The van der Waals surface area contributed by atoms with E-state index < -0.39 is 63.2 Å². The number of morpholine rings is 1. The number of alkyl carbamates (subject to hydrolysis) is 1. The minimum absolute atomic E-state index is 0.140. The van der Waals surface area contributed by atoms with E-state index in [0.29, 0.717) is 87.3 Å². The van der Waals surface area contributed by atoms with Gasteiger partial charge in [0.1, 0.15) is 17.7 Å². The van der Waals surface area contributed by atoms with Crippen LogP contribution in [0.3, 0.4) is 0 Å². The Balaban J connectivity index is 0.000000230. The van der Waals surface area contributed by atoms with Gasteiger partial charge < -0.3 is 41.6 Å². The molecular weight excluding hydrogens is 1310 g/mol. The fraction of sp³-hybridized carbons (Fsp3) is 0.403.